The summed E-state index contributed by atoms with van der Waals surface area (Å²) in [7, 11) is 1.97. The molecule has 0 bridgehead atoms. The van der Waals surface area contributed by atoms with Crippen LogP contribution in [-0.2, 0) is 11.3 Å². The molecule has 1 aliphatic heterocycles. The van der Waals surface area contributed by atoms with E-state index in [0.29, 0.717) is 18.4 Å². The van der Waals surface area contributed by atoms with E-state index in [1.54, 1.807) is 0 Å². The van der Waals surface area contributed by atoms with Crippen LogP contribution in [0.4, 0.5) is 4.79 Å². The number of likely N-dealkylation sites (tertiary alicyclic amines) is 1. The van der Waals surface area contributed by atoms with E-state index in [2.05, 4.69) is 66.4 Å². The standard InChI is InChI=1S/C42H49N3O3/c1-3-25-45(42(47)48-31-32-19-21-34(22-20-32)33-13-7-4-8-14-33)38-23-26-44(27-24-38)30-37-28-39(29-40(37)35-15-9-5-10-16-35)43(2)41(46)36-17-11-6-12-18-36/h4-22,37-40H,3,23-31H2,1-2H3. The summed E-state index contributed by atoms with van der Waals surface area (Å²) in [6.45, 7) is 6.03. The second-order valence-electron chi connectivity index (χ2n) is 13.5. The number of hydrogen-bond donors (Lipinski definition) is 0. The Kier molecular flexibility index (Phi) is 11.2. The van der Waals surface area contributed by atoms with Crippen LogP contribution in [0.3, 0.4) is 0 Å². The molecule has 1 saturated carbocycles. The number of piperidine rings is 1. The molecule has 1 heterocycles. The molecule has 6 rings (SSSR count). The highest BCUT2D eigenvalue weighted by atomic mass is 16.6. The molecule has 0 N–H and O–H groups in total. The van der Waals surface area contributed by atoms with E-state index in [1.165, 1.54) is 11.1 Å². The summed E-state index contributed by atoms with van der Waals surface area (Å²) in [6, 6.07) is 39.4. The van der Waals surface area contributed by atoms with Gasteiger partial charge in [-0.15, -0.1) is 0 Å². The molecular weight excluding hydrogens is 594 g/mol. The SMILES string of the molecule is CCCN(C(=O)OCc1ccc(-c2ccccc2)cc1)C1CCN(CC2CC(N(C)C(=O)c3ccccc3)CC2c2ccccc2)CC1. The van der Waals surface area contributed by atoms with Gasteiger partial charge in [-0.1, -0.05) is 110 Å². The molecule has 250 valence electrons. The minimum absolute atomic E-state index is 0.0981. The van der Waals surface area contributed by atoms with Gasteiger partial charge in [-0.05, 0) is 78.3 Å². The molecule has 3 atom stereocenters. The molecule has 48 heavy (non-hydrogen) atoms. The molecule has 6 heteroatoms. The average molecular weight is 644 g/mol. The molecular formula is C42H49N3O3. The number of amides is 2. The van der Waals surface area contributed by atoms with Gasteiger partial charge in [0.15, 0.2) is 0 Å². The fourth-order valence-corrected chi connectivity index (χ4v) is 7.73. The summed E-state index contributed by atoms with van der Waals surface area (Å²) in [5.74, 6) is 0.971. The van der Waals surface area contributed by atoms with Crippen LogP contribution in [0.1, 0.15) is 66.4 Å². The first kappa shape index (κ1) is 33.5. The van der Waals surface area contributed by atoms with Gasteiger partial charge in [0, 0.05) is 50.9 Å². The minimum Gasteiger partial charge on any atom is -0.445 e. The van der Waals surface area contributed by atoms with Crippen molar-refractivity contribution in [3.8, 4) is 11.1 Å². The first-order valence-electron chi connectivity index (χ1n) is 17.7. The lowest BCUT2D eigenvalue weighted by Crippen LogP contribution is -2.48. The molecule has 2 aliphatic rings. The number of benzene rings is 4. The Morgan fingerprint density at radius 1 is 0.750 bits per heavy atom. The van der Waals surface area contributed by atoms with Gasteiger partial charge in [0.2, 0.25) is 0 Å². The molecule has 1 saturated heterocycles. The van der Waals surface area contributed by atoms with Crippen molar-refractivity contribution in [1.82, 2.24) is 14.7 Å². The number of hydrogen-bond acceptors (Lipinski definition) is 4. The highest BCUT2D eigenvalue weighted by molar-refractivity contribution is 5.94. The quantitative estimate of drug-likeness (QED) is 0.165. The average Bonchev–Trinajstić information content (AvgIpc) is 3.57. The van der Waals surface area contributed by atoms with Crippen molar-refractivity contribution in [2.75, 3.05) is 33.2 Å². The van der Waals surface area contributed by atoms with Gasteiger partial charge < -0.3 is 19.4 Å². The van der Waals surface area contributed by atoms with Crippen LogP contribution in [0.5, 0.6) is 0 Å². The first-order valence-corrected chi connectivity index (χ1v) is 17.7. The van der Waals surface area contributed by atoms with E-state index < -0.39 is 0 Å². The molecule has 4 aromatic rings. The summed E-state index contributed by atoms with van der Waals surface area (Å²) >= 11 is 0. The highest BCUT2D eigenvalue weighted by Crippen LogP contribution is 2.42. The molecule has 2 fully saturated rings. The number of carbonyl (C=O) groups excluding carboxylic acids is 2. The summed E-state index contributed by atoms with van der Waals surface area (Å²) in [5.41, 5.74) is 5.44. The van der Waals surface area contributed by atoms with E-state index in [4.69, 9.17) is 4.74 Å². The Morgan fingerprint density at radius 2 is 1.35 bits per heavy atom. The molecule has 6 nitrogen and oxygen atoms in total. The van der Waals surface area contributed by atoms with Crippen molar-refractivity contribution in [3.05, 3.63) is 132 Å². The van der Waals surface area contributed by atoms with Gasteiger partial charge in [-0.2, -0.15) is 0 Å². The summed E-state index contributed by atoms with van der Waals surface area (Å²) < 4.78 is 5.87. The van der Waals surface area contributed by atoms with Gasteiger partial charge in [-0.25, -0.2) is 4.79 Å². The zero-order chi connectivity index (χ0) is 33.3. The van der Waals surface area contributed by atoms with E-state index in [-0.39, 0.29) is 30.7 Å². The largest absolute Gasteiger partial charge is 0.445 e. The lowest BCUT2D eigenvalue weighted by atomic mass is 9.88. The van der Waals surface area contributed by atoms with E-state index >= 15 is 0 Å². The maximum atomic E-state index is 13.4. The number of nitrogens with zero attached hydrogens (tertiary/aromatic N) is 3. The predicted molar refractivity (Wildman–Crippen MR) is 193 cm³/mol. The van der Waals surface area contributed by atoms with Crippen LogP contribution in [0.15, 0.2) is 115 Å². The maximum Gasteiger partial charge on any atom is 0.410 e. The fraction of sp³-hybridized carbons (Fsp3) is 0.381. The number of carbonyl (C=O) groups is 2. The highest BCUT2D eigenvalue weighted by Gasteiger charge is 2.40. The second kappa shape index (κ2) is 16.1. The molecule has 0 spiro atoms. The molecule has 1 aliphatic carbocycles. The predicted octanol–water partition coefficient (Wildman–Crippen LogP) is 8.50. The molecule has 0 radical (unpaired) electrons. The Morgan fingerprint density at radius 3 is 2.00 bits per heavy atom. The van der Waals surface area contributed by atoms with Crippen LogP contribution < -0.4 is 0 Å². The van der Waals surface area contributed by atoms with Gasteiger partial charge in [0.25, 0.3) is 5.91 Å². The summed E-state index contributed by atoms with van der Waals surface area (Å²) in [6.07, 6.45) is 4.55. The van der Waals surface area contributed by atoms with Crippen molar-refractivity contribution < 1.29 is 14.3 Å². The fourth-order valence-electron chi connectivity index (χ4n) is 7.73. The van der Waals surface area contributed by atoms with Gasteiger partial charge in [0.1, 0.15) is 6.61 Å². The molecule has 3 unspecified atom stereocenters. The van der Waals surface area contributed by atoms with Crippen LogP contribution in [0, 0.1) is 5.92 Å². The lowest BCUT2D eigenvalue weighted by Gasteiger charge is -2.39. The van der Waals surface area contributed by atoms with Gasteiger partial charge in [0.05, 0.1) is 0 Å². The van der Waals surface area contributed by atoms with Crippen LogP contribution >= 0.6 is 0 Å². The Balaban J connectivity index is 1.04. The summed E-state index contributed by atoms with van der Waals surface area (Å²) in [5, 5.41) is 0. The van der Waals surface area contributed by atoms with Gasteiger partial charge >= 0.3 is 6.09 Å². The second-order valence-corrected chi connectivity index (χ2v) is 13.5. The van der Waals surface area contributed by atoms with Gasteiger partial charge in [-0.3, -0.25) is 4.79 Å². The lowest BCUT2D eigenvalue weighted by molar-refractivity contribution is 0.0572. The number of ether oxygens (including phenoxy) is 1. The zero-order valence-corrected chi connectivity index (χ0v) is 28.4. The Labute approximate surface area is 286 Å². The van der Waals surface area contributed by atoms with Crippen LogP contribution in [-0.4, -0.2) is 72.0 Å². The van der Waals surface area contributed by atoms with Crippen molar-refractivity contribution in [3.63, 3.8) is 0 Å². The number of rotatable bonds is 11. The van der Waals surface area contributed by atoms with Crippen molar-refractivity contribution >= 4 is 12.0 Å². The van der Waals surface area contributed by atoms with Crippen LogP contribution in [0.25, 0.3) is 11.1 Å². The molecule has 2 amide bonds. The smallest absolute Gasteiger partial charge is 0.410 e. The van der Waals surface area contributed by atoms with E-state index in [0.717, 1.165) is 68.4 Å². The first-order chi connectivity index (χ1) is 23.5. The molecule has 0 aromatic heterocycles. The zero-order valence-electron chi connectivity index (χ0n) is 28.4. The van der Waals surface area contributed by atoms with Crippen molar-refractivity contribution in [2.24, 2.45) is 5.92 Å². The monoisotopic (exact) mass is 643 g/mol. The third kappa shape index (κ3) is 8.16. The third-order valence-electron chi connectivity index (χ3n) is 10.4. The minimum atomic E-state index is -0.212. The topological polar surface area (TPSA) is 53.1 Å². The molecule has 4 aromatic carbocycles. The van der Waals surface area contributed by atoms with E-state index in [1.807, 2.05) is 77.5 Å². The Hall–Kier alpha value is -4.42. The normalized spacial score (nSPS) is 19.9. The Bertz CT molecular complexity index is 1590. The maximum absolute atomic E-state index is 13.4. The third-order valence-corrected chi connectivity index (χ3v) is 10.4. The van der Waals surface area contributed by atoms with E-state index in [9.17, 15) is 9.59 Å². The van der Waals surface area contributed by atoms with Crippen molar-refractivity contribution in [1.29, 1.82) is 0 Å². The summed E-state index contributed by atoms with van der Waals surface area (Å²) in [4.78, 5) is 33.2. The van der Waals surface area contributed by atoms with Crippen molar-refractivity contribution in [2.45, 2.75) is 63.6 Å². The van der Waals surface area contributed by atoms with Crippen LogP contribution in [0.2, 0.25) is 0 Å².